The monoisotopic (exact) mass is 435 g/mol. The van der Waals surface area contributed by atoms with Crippen molar-refractivity contribution in [3.05, 3.63) is 24.0 Å². The highest BCUT2D eigenvalue weighted by Gasteiger charge is 2.36. The first kappa shape index (κ1) is 21.5. The number of hydrogen-bond acceptors (Lipinski definition) is 5. The van der Waals surface area contributed by atoms with E-state index in [9.17, 15) is 8.42 Å². The van der Waals surface area contributed by atoms with Crippen LogP contribution in [0.25, 0.3) is 11.0 Å². The van der Waals surface area contributed by atoms with E-state index in [0.717, 1.165) is 49.5 Å². The van der Waals surface area contributed by atoms with Crippen molar-refractivity contribution in [2.24, 2.45) is 11.7 Å². The quantitative estimate of drug-likeness (QED) is 0.776. The molecule has 30 heavy (non-hydrogen) atoms. The van der Waals surface area contributed by atoms with E-state index in [-0.39, 0.29) is 11.5 Å². The van der Waals surface area contributed by atoms with Gasteiger partial charge in [-0.15, -0.1) is 0 Å². The Balaban J connectivity index is 1.69. The molecule has 4 rings (SSSR count). The maximum atomic E-state index is 12.8. The minimum absolute atomic E-state index is 0.0779. The zero-order chi connectivity index (χ0) is 21.7. The Bertz CT molecular complexity index is 1020. The molecule has 2 fully saturated rings. The minimum Gasteiger partial charge on any atom is -0.381 e. The van der Waals surface area contributed by atoms with Gasteiger partial charge in [0, 0.05) is 51.4 Å². The molecular weight excluding hydrogens is 402 g/mol. The van der Waals surface area contributed by atoms with Crippen LogP contribution in [-0.2, 0) is 26.9 Å². The van der Waals surface area contributed by atoms with E-state index in [1.54, 1.807) is 7.05 Å². The first-order valence-electron chi connectivity index (χ1n) is 10.7. The number of hydrogen-bond donors (Lipinski definition) is 1. The van der Waals surface area contributed by atoms with Crippen LogP contribution in [0.4, 0.5) is 5.69 Å². The summed E-state index contributed by atoms with van der Waals surface area (Å²) in [5, 5.41) is 0. The van der Waals surface area contributed by atoms with Crippen LogP contribution in [0.15, 0.2) is 18.2 Å². The maximum absolute atomic E-state index is 12.8. The van der Waals surface area contributed by atoms with Crippen molar-refractivity contribution in [1.82, 2.24) is 13.9 Å². The Morgan fingerprint density at radius 2 is 1.90 bits per heavy atom. The molecule has 0 aliphatic carbocycles. The van der Waals surface area contributed by atoms with Crippen LogP contribution in [-0.4, -0.2) is 61.7 Å². The van der Waals surface area contributed by atoms with Gasteiger partial charge in [-0.05, 0) is 37.0 Å². The summed E-state index contributed by atoms with van der Waals surface area (Å²) in [6.45, 7) is 9.76. The molecule has 1 aromatic heterocycles. The summed E-state index contributed by atoms with van der Waals surface area (Å²) in [4.78, 5) is 4.94. The molecule has 0 spiro atoms. The second-order valence-electron chi connectivity index (χ2n) is 9.58. The van der Waals surface area contributed by atoms with Gasteiger partial charge in [0.15, 0.2) is 0 Å². The summed E-state index contributed by atoms with van der Waals surface area (Å²) in [5.41, 5.74) is 8.14. The van der Waals surface area contributed by atoms with Crippen molar-refractivity contribution in [2.75, 3.05) is 37.7 Å². The topological polar surface area (TPSA) is 93.7 Å². The maximum Gasteiger partial charge on any atom is 0.303 e. The third kappa shape index (κ3) is 3.95. The fourth-order valence-corrected chi connectivity index (χ4v) is 5.71. The van der Waals surface area contributed by atoms with Gasteiger partial charge >= 0.3 is 10.2 Å². The predicted molar refractivity (Wildman–Crippen MR) is 119 cm³/mol. The molecule has 0 radical (unpaired) electrons. The first-order valence-corrected chi connectivity index (χ1v) is 12.0. The Labute approximate surface area is 179 Å². The fourth-order valence-electron chi connectivity index (χ4n) is 4.22. The van der Waals surface area contributed by atoms with Crippen LogP contribution in [0, 0.1) is 5.92 Å². The number of rotatable bonds is 5. The van der Waals surface area contributed by atoms with Gasteiger partial charge in [-0.3, -0.25) is 4.31 Å². The molecule has 1 aromatic carbocycles. The van der Waals surface area contributed by atoms with Gasteiger partial charge in [-0.25, -0.2) is 4.98 Å². The highest BCUT2D eigenvalue weighted by atomic mass is 32.2. The van der Waals surface area contributed by atoms with Crippen LogP contribution in [0.5, 0.6) is 0 Å². The molecule has 166 valence electrons. The predicted octanol–water partition coefficient (Wildman–Crippen LogP) is 2.08. The van der Waals surface area contributed by atoms with Crippen molar-refractivity contribution in [2.45, 2.75) is 51.6 Å². The Morgan fingerprint density at radius 3 is 2.50 bits per heavy atom. The van der Waals surface area contributed by atoms with Crippen molar-refractivity contribution in [3.63, 3.8) is 0 Å². The number of fused-ring (bicyclic) bond motifs is 1. The molecule has 2 aliphatic rings. The van der Waals surface area contributed by atoms with Crippen molar-refractivity contribution < 1.29 is 13.2 Å². The lowest BCUT2D eigenvalue weighted by Gasteiger charge is -2.38. The molecule has 9 heteroatoms. The number of benzene rings is 1. The standard InChI is InChI=1S/C21H33N5O3S/c1-21(2,3)20-23-18-11-17(24(4)30(27,28)25-13-16(22)14-25)5-6-19(18)26(20)12-15-7-9-29-10-8-15/h5-6,11,15-16H,7-10,12-14,22H2,1-4H3. The zero-order valence-electron chi connectivity index (χ0n) is 18.3. The lowest BCUT2D eigenvalue weighted by Crippen LogP contribution is -2.60. The van der Waals surface area contributed by atoms with Crippen molar-refractivity contribution in [3.8, 4) is 0 Å². The van der Waals surface area contributed by atoms with Crippen LogP contribution < -0.4 is 10.0 Å². The van der Waals surface area contributed by atoms with Crippen molar-refractivity contribution in [1.29, 1.82) is 0 Å². The van der Waals surface area contributed by atoms with Gasteiger partial charge in [0.25, 0.3) is 0 Å². The second-order valence-corrected chi connectivity index (χ2v) is 11.5. The Hall–Kier alpha value is -1.68. The summed E-state index contributed by atoms with van der Waals surface area (Å²) in [5.74, 6) is 1.59. The van der Waals surface area contributed by atoms with Gasteiger partial charge in [0.1, 0.15) is 5.82 Å². The lowest BCUT2D eigenvalue weighted by molar-refractivity contribution is 0.0611. The first-order chi connectivity index (χ1) is 14.1. The number of ether oxygens (including phenoxy) is 1. The SMILES string of the molecule is CN(c1ccc2c(c1)nc(C(C)(C)C)n2CC1CCOCC1)S(=O)(=O)N1CC(N)C1. The van der Waals surface area contributed by atoms with Gasteiger partial charge in [0.2, 0.25) is 0 Å². The van der Waals surface area contributed by atoms with Crippen LogP contribution in [0.2, 0.25) is 0 Å². The number of aromatic nitrogens is 2. The largest absolute Gasteiger partial charge is 0.381 e. The molecular formula is C21H33N5O3S. The second kappa shape index (κ2) is 7.78. The molecule has 2 aromatic rings. The number of anilines is 1. The van der Waals surface area contributed by atoms with E-state index in [1.807, 2.05) is 18.2 Å². The molecule has 2 aliphatic heterocycles. The van der Waals surface area contributed by atoms with Crippen LogP contribution in [0.3, 0.4) is 0 Å². The van der Waals surface area contributed by atoms with E-state index in [0.29, 0.717) is 24.7 Å². The average molecular weight is 436 g/mol. The molecule has 8 nitrogen and oxygen atoms in total. The van der Waals surface area contributed by atoms with Gasteiger partial charge in [-0.1, -0.05) is 20.8 Å². The molecule has 0 amide bonds. The molecule has 3 heterocycles. The van der Waals surface area contributed by atoms with Gasteiger partial charge in [-0.2, -0.15) is 12.7 Å². The zero-order valence-corrected chi connectivity index (χ0v) is 19.2. The molecule has 2 saturated heterocycles. The molecule has 2 N–H and O–H groups in total. The third-order valence-electron chi connectivity index (χ3n) is 6.10. The van der Waals surface area contributed by atoms with E-state index in [1.165, 1.54) is 8.61 Å². The smallest absolute Gasteiger partial charge is 0.303 e. The third-order valence-corrected chi connectivity index (χ3v) is 7.95. The Kier molecular flexibility index (Phi) is 5.59. The van der Waals surface area contributed by atoms with E-state index in [2.05, 4.69) is 25.3 Å². The summed E-state index contributed by atoms with van der Waals surface area (Å²) in [7, 11) is -1.99. The molecule has 0 unspecified atom stereocenters. The summed E-state index contributed by atoms with van der Waals surface area (Å²) < 4.78 is 36.3. The van der Waals surface area contributed by atoms with E-state index >= 15 is 0 Å². The fraction of sp³-hybridized carbons (Fsp3) is 0.667. The van der Waals surface area contributed by atoms with E-state index < -0.39 is 10.2 Å². The normalized spacial score (nSPS) is 19.9. The highest BCUT2D eigenvalue weighted by Crippen LogP contribution is 2.32. The molecule has 0 atom stereocenters. The minimum atomic E-state index is -3.57. The number of imidazole rings is 1. The summed E-state index contributed by atoms with van der Waals surface area (Å²) in [6.07, 6.45) is 2.11. The van der Waals surface area contributed by atoms with Gasteiger partial charge in [0.05, 0.1) is 16.7 Å². The van der Waals surface area contributed by atoms with Crippen LogP contribution >= 0.6 is 0 Å². The summed E-state index contributed by atoms with van der Waals surface area (Å²) >= 11 is 0. The summed E-state index contributed by atoms with van der Waals surface area (Å²) in [6, 6.07) is 5.67. The van der Waals surface area contributed by atoms with Crippen LogP contribution in [0.1, 0.15) is 39.4 Å². The molecule has 0 saturated carbocycles. The average Bonchev–Trinajstić information content (AvgIpc) is 3.03. The Morgan fingerprint density at radius 1 is 1.23 bits per heavy atom. The number of nitrogens with zero attached hydrogens (tertiary/aromatic N) is 4. The molecule has 0 bridgehead atoms. The van der Waals surface area contributed by atoms with Gasteiger partial charge < -0.3 is 15.0 Å². The van der Waals surface area contributed by atoms with E-state index in [4.69, 9.17) is 15.5 Å². The highest BCUT2D eigenvalue weighted by molar-refractivity contribution is 7.90. The number of nitrogens with two attached hydrogens (primary N) is 1. The van der Waals surface area contributed by atoms with Crippen molar-refractivity contribution >= 4 is 26.9 Å². The lowest BCUT2D eigenvalue weighted by atomic mass is 9.94.